The van der Waals surface area contributed by atoms with Crippen LogP contribution >= 0.6 is 0 Å². The fraction of sp³-hybridized carbons (Fsp3) is 0.364. The maximum Gasteiger partial charge on any atom is 0.251 e. The zero-order valence-electron chi connectivity index (χ0n) is 17.6. The summed E-state index contributed by atoms with van der Waals surface area (Å²) in [6.45, 7) is 10.7. The van der Waals surface area contributed by atoms with Crippen LogP contribution < -0.4 is 5.32 Å². The second-order valence-electron chi connectivity index (χ2n) is 7.03. The largest absolute Gasteiger partial charge is 0.377 e. The van der Waals surface area contributed by atoms with E-state index in [4.69, 9.17) is 4.74 Å². The minimum absolute atomic E-state index is 0.0963. The molecule has 0 saturated heterocycles. The van der Waals surface area contributed by atoms with Crippen molar-refractivity contribution in [3.8, 4) is 5.95 Å². The molecule has 2 aromatic heterocycles. The molecule has 0 fully saturated rings. The number of aryl methyl sites for hydroxylation is 3. The highest BCUT2D eigenvalue weighted by Crippen LogP contribution is 2.20. The van der Waals surface area contributed by atoms with Crippen molar-refractivity contribution in [3.05, 3.63) is 64.2 Å². The molecule has 0 aliphatic carbocycles. The summed E-state index contributed by atoms with van der Waals surface area (Å²) >= 11 is 0. The number of nitrogens with one attached hydrogen (secondary N) is 1. The topological polar surface area (TPSA) is 81.9 Å². The van der Waals surface area contributed by atoms with Crippen LogP contribution in [0.2, 0.25) is 0 Å². The van der Waals surface area contributed by atoms with E-state index in [1.807, 2.05) is 65.0 Å². The summed E-state index contributed by atoms with van der Waals surface area (Å²) in [5.74, 6) is 0.429. The van der Waals surface area contributed by atoms with Crippen molar-refractivity contribution < 1.29 is 9.53 Å². The molecule has 1 N–H and O–H groups in total. The Hall–Kier alpha value is -3.06. The van der Waals surface area contributed by atoms with Crippen molar-refractivity contribution in [3.63, 3.8) is 0 Å². The van der Waals surface area contributed by atoms with Crippen LogP contribution in [0.15, 0.2) is 30.3 Å². The van der Waals surface area contributed by atoms with Gasteiger partial charge in [0.2, 0.25) is 5.91 Å². The molecule has 0 unspecified atom stereocenters. The summed E-state index contributed by atoms with van der Waals surface area (Å²) in [6.07, 6.45) is 0.228. The first-order chi connectivity index (χ1) is 13.9. The van der Waals surface area contributed by atoms with Crippen LogP contribution in [-0.2, 0) is 22.6 Å². The molecule has 0 atom stereocenters. The molecule has 0 saturated carbocycles. The van der Waals surface area contributed by atoms with Gasteiger partial charge in [0.25, 0.3) is 5.95 Å². The summed E-state index contributed by atoms with van der Waals surface area (Å²) in [7, 11) is 0. The van der Waals surface area contributed by atoms with E-state index in [1.54, 1.807) is 4.68 Å². The van der Waals surface area contributed by atoms with Crippen molar-refractivity contribution >= 4 is 11.6 Å². The Kier molecular flexibility index (Phi) is 6.39. The van der Waals surface area contributed by atoms with Gasteiger partial charge in [0, 0.05) is 40.5 Å². The van der Waals surface area contributed by atoms with E-state index in [2.05, 4.69) is 20.4 Å². The van der Waals surface area contributed by atoms with Crippen molar-refractivity contribution in [2.45, 2.75) is 47.6 Å². The maximum atomic E-state index is 12.7. The van der Waals surface area contributed by atoms with Gasteiger partial charge in [-0.25, -0.2) is 14.6 Å². The van der Waals surface area contributed by atoms with E-state index in [0.29, 0.717) is 19.2 Å². The third-order valence-corrected chi connectivity index (χ3v) is 4.69. The molecule has 7 nitrogen and oxygen atoms in total. The number of amides is 1. The number of nitrogens with zero attached hydrogens (tertiary/aromatic N) is 4. The van der Waals surface area contributed by atoms with Gasteiger partial charge in [-0.3, -0.25) is 4.79 Å². The molecule has 7 heteroatoms. The Morgan fingerprint density at radius 3 is 2.48 bits per heavy atom. The number of aromatic nitrogens is 4. The van der Waals surface area contributed by atoms with E-state index in [9.17, 15) is 4.79 Å². The highest BCUT2D eigenvalue weighted by Gasteiger charge is 2.18. The third-order valence-electron chi connectivity index (χ3n) is 4.69. The van der Waals surface area contributed by atoms with Gasteiger partial charge < -0.3 is 10.1 Å². The van der Waals surface area contributed by atoms with Crippen molar-refractivity contribution in [1.82, 2.24) is 19.7 Å². The van der Waals surface area contributed by atoms with Gasteiger partial charge >= 0.3 is 0 Å². The van der Waals surface area contributed by atoms with E-state index < -0.39 is 0 Å². The highest BCUT2D eigenvalue weighted by atomic mass is 16.5. The Labute approximate surface area is 171 Å². The highest BCUT2D eigenvalue weighted by molar-refractivity contribution is 5.93. The van der Waals surface area contributed by atoms with Gasteiger partial charge in [-0.05, 0) is 46.8 Å². The molecular formula is C22H27N5O2. The molecule has 152 valence electrons. The van der Waals surface area contributed by atoms with Gasteiger partial charge in [0.1, 0.15) is 0 Å². The van der Waals surface area contributed by atoms with E-state index >= 15 is 0 Å². The maximum absolute atomic E-state index is 12.7. The van der Waals surface area contributed by atoms with Crippen LogP contribution in [-0.4, -0.2) is 32.3 Å². The quantitative estimate of drug-likeness (QED) is 0.663. The first-order valence-corrected chi connectivity index (χ1v) is 9.72. The molecule has 0 radical (unpaired) electrons. The lowest BCUT2D eigenvalue weighted by atomic mass is 10.1. The smallest absolute Gasteiger partial charge is 0.251 e. The first-order valence-electron chi connectivity index (χ1n) is 9.72. The van der Waals surface area contributed by atoms with Crippen LogP contribution in [0.3, 0.4) is 0 Å². The van der Waals surface area contributed by atoms with Crippen LogP contribution in [0.1, 0.15) is 40.8 Å². The summed E-state index contributed by atoms with van der Waals surface area (Å²) in [6, 6.07) is 9.60. The lowest BCUT2D eigenvalue weighted by molar-refractivity contribution is -0.115. The SMILES string of the molecule is CCOCc1ccccc1NC(=O)Cc1c(C)nn(-c2nc(C)cc(C)n2)c1C. The lowest BCUT2D eigenvalue weighted by Gasteiger charge is -2.11. The summed E-state index contributed by atoms with van der Waals surface area (Å²) in [5, 5.41) is 7.57. The first kappa shape index (κ1) is 20.7. The molecule has 0 spiro atoms. The van der Waals surface area contributed by atoms with Crippen molar-refractivity contribution in [2.24, 2.45) is 0 Å². The second-order valence-corrected chi connectivity index (χ2v) is 7.03. The van der Waals surface area contributed by atoms with Gasteiger partial charge in [-0.15, -0.1) is 0 Å². The zero-order valence-corrected chi connectivity index (χ0v) is 17.6. The Morgan fingerprint density at radius 1 is 1.10 bits per heavy atom. The average Bonchev–Trinajstić information content (AvgIpc) is 2.95. The van der Waals surface area contributed by atoms with E-state index in [0.717, 1.165) is 39.6 Å². The minimum Gasteiger partial charge on any atom is -0.377 e. The van der Waals surface area contributed by atoms with E-state index in [1.165, 1.54) is 0 Å². The number of hydrogen-bond acceptors (Lipinski definition) is 5. The molecule has 1 amide bonds. The monoisotopic (exact) mass is 393 g/mol. The number of benzene rings is 1. The number of anilines is 1. The summed E-state index contributed by atoms with van der Waals surface area (Å²) in [5.41, 5.74) is 6.03. The number of carbonyl (C=O) groups is 1. The number of hydrogen-bond donors (Lipinski definition) is 1. The minimum atomic E-state index is -0.0963. The molecule has 29 heavy (non-hydrogen) atoms. The van der Waals surface area contributed by atoms with Gasteiger partial charge in [-0.2, -0.15) is 5.10 Å². The van der Waals surface area contributed by atoms with Gasteiger partial charge in [0.15, 0.2) is 0 Å². The Bertz CT molecular complexity index is 1010. The third kappa shape index (κ3) is 4.86. The Balaban J connectivity index is 1.81. The van der Waals surface area contributed by atoms with Crippen LogP contribution in [0, 0.1) is 27.7 Å². The van der Waals surface area contributed by atoms with Crippen LogP contribution in [0.4, 0.5) is 5.69 Å². The Morgan fingerprint density at radius 2 is 1.79 bits per heavy atom. The standard InChI is InChI=1S/C22H27N5O2/c1-6-29-13-18-9-7-8-10-20(18)25-21(28)12-19-16(4)26-27(17(19)5)22-23-14(2)11-15(3)24-22/h7-11H,6,12-13H2,1-5H3,(H,25,28). The number of para-hydroxylation sites is 1. The zero-order chi connectivity index (χ0) is 21.0. The summed E-state index contributed by atoms with van der Waals surface area (Å²) < 4.78 is 7.20. The van der Waals surface area contributed by atoms with Crippen molar-refractivity contribution in [2.75, 3.05) is 11.9 Å². The van der Waals surface area contributed by atoms with E-state index in [-0.39, 0.29) is 12.3 Å². The molecule has 3 aromatic rings. The molecule has 2 heterocycles. The summed E-state index contributed by atoms with van der Waals surface area (Å²) in [4.78, 5) is 21.7. The molecule has 0 aliphatic heterocycles. The molecule has 0 bridgehead atoms. The van der Waals surface area contributed by atoms with Crippen molar-refractivity contribution in [1.29, 1.82) is 0 Å². The second kappa shape index (κ2) is 8.96. The van der Waals surface area contributed by atoms with Crippen LogP contribution in [0.25, 0.3) is 5.95 Å². The molecule has 1 aromatic carbocycles. The number of ether oxygens (including phenoxy) is 1. The number of carbonyl (C=O) groups excluding carboxylic acids is 1. The molecule has 0 aliphatic rings. The lowest BCUT2D eigenvalue weighted by Crippen LogP contribution is -2.17. The predicted octanol–water partition coefficient (Wildman–Crippen LogP) is 3.61. The van der Waals surface area contributed by atoms with Gasteiger partial charge in [0.05, 0.1) is 18.7 Å². The average molecular weight is 393 g/mol. The van der Waals surface area contributed by atoms with Crippen LogP contribution in [0.5, 0.6) is 0 Å². The molecular weight excluding hydrogens is 366 g/mol. The normalized spacial score (nSPS) is 10.9. The fourth-order valence-electron chi connectivity index (χ4n) is 3.26. The molecule has 3 rings (SSSR count). The predicted molar refractivity (Wildman–Crippen MR) is 112 cm³/mol. The number of rotatable bonds is 7. The van der Waals surface area contributed by atoms with Gasteiger partial charge in [-0.1, -0.05) is 18.2 Å². The fourth-order valence-corrected chi connectivity index (χ4v) is 3.26.